The van der Waals surface area contributed by atoms with Crippen LogP contribution in [0.25, 0.3) is 0 Å². The Morgan fingerprint density at radius 2 is 1.72 bits per heavy atom. The van der Waals surface area contributed by atoms with Gasteiger partial charge in [-0.2, -0.15) is 13.2 Å². The van der Waals surface area contributed by atoms with Gasteiger partial charge < -0.3 is 24.3 Å². The number of carbonyl (C=O) groups excluding carboxylic acids is 1. The number of amides is 1. The van der Waals surface area contributed by atoms with E-state index in [1.165, 1.54) is 39.5 Å². The molecule has 0 aliphatic carbocycles. The molecule has 158 valence electrons. The van der Waals surface area contributed by atoms with Crippen LogP contribution in [0.5, 0.6) is 23.0 Å². The Balaban J connectivity index is 2.00. The monoisotopic (exact) mass is 413 g/mol. The first kappa shape index (κ1) is 22.2. The van der Waals surface area contributed by atoms with Crippen LogP contribution in [-0.4, -0.2) is 40.0 Å². The Kier molecular flexibility index (Phi) is 7.58. The van der Waals surface area contributed by atoms with Crippen LogP contribution < -0.4 is 24.3 Å². The van der Waals surface area contributed by atoms with E-state index in [0.717, 1.165) is 5.56 Å². The lowest BCUT2D eigenvalue weighted by atomic mass is 10.1. The number of hydrogen-bond donors (Lipinski definition) is 1. The number of nitrogens with one attached hydrogen (secondary N) is 1. The van der Waals surface area contributed by atoms with Crippen molar-refractivity contribution in [3.05, 3.63) is 42.0 Å². The summed E-state index contributed by atoms with van der Waals surface area (Å²) in [5.74, 6) is 1.12. The number of rotatable bonds is 9. The van der Waals surface area contributed by atoms with Crippen molar-refractivity contribution in [2.45, 2.75) is 19.0 Å². The van der Waals surface area contributed by atoms with Gasteiger partial charge in [0.1, 0.15) is 5.75 Å². The van der Waals surface area contributed by atoms with Crippen LogP contribution in [-0.2, 0) is 11.2 Å². The molecule has 2 aromatic rings. The van der Waals surface area contributed by atoms with Crippen LogP contribution in [0.4, 0.5) is 18.9 Å². The van der Waals surface area contributed by atoms with Crippen molar-refractivity contribution in [3.63, 3.8) is 0 Å². The second-order valence-electron chi connectivity index (χ2n) is 5.97. The highest BCUT2D eigenvalue weighted by atomic mass is 19.4. The lowest BCUT2D eigenvalue weighted by Crippen LogP contribution is -2.19. The topological polar surface area (TPSA) is 66.0 Å². The normalized spacial score (nSPS) is 11.0. The third kappa shape index (κ3) is 6.48. The Bertz CT molecular complexity index is 839. The molecule has 29 heavy (non-hydrogen) atoms. The lowest BCUT2D eigenvalue weighted by molar-refractivity contribution is -0.153. The molecule has 6 nitrogen and oxygen atoms in total. The molecule has 0 saturated carbocycles. The molecule has 0 saturated heterocycles. The highest BCUT2D eigenvalue weighted by Crippen LogP contribution is 2.40. The molecule has 0 unspecified atom stereocenters. The summed E-state index contributed by atoms with van der Waals surface area (Å²) < 4.78 is 57.4. The second kappa shape index (κ2) is 9.90. The number of anilines is 1. The van der Waals surface area contributed by atoms with Crippen molar-refractivity contribution in [2.75, 3.05) is 33.3 Å². The average Bonchev–Trinajstić information content (AvgIpc) is 2.69. The highest BCUT2D eigenvalue weighted by Gasteiger charge is 2.28. The van der Waals surface area contributed by atoms with Crippen LogP contribution in [0, 0.1) is 0 Å². The van der Waals surface area contributed by atoms with E-state index in [9.17, 15) is 18.0 Å². The molecule has 0 aliphatic rings. The van der Waals surface area contributed by atoms with Crippen molar-refractivity contribution >= 4 is 11.6 Å². The van der Waals surface area contributed by atoms with Crippen molar-refractivity contribution in [1.82, 2.24) is 0 Å². The maximum absolute atomic E-state index is 12.3. The lowest BCUT2D eigenvalue weighted by Gasteiger charge is -2.15. The molecule has 9 heteroatoms. The SMILES string of the molecule is COc1ccc(CCC(=O)Nc2cccc(OCC(F)(F)F)c2)c(OC)c1OC. The van der Waals surface area contributed by atoms with E-state index >= 15 is 0 Å². The van der Waals surface area contributed by atoms with E-state index in [-0.39, 0.29) is 18.1 Å². The van der Waals surface area contributed by atoms with E-state index in [0.29, 0.717) is 29.4 Å². The number of hydrogen-bond acceptors (Lipinski definition) is 5. The van der Waals surface area contributed by atoms with Crippen LogP contribution in [0.3, 0.4) is 0 Å². The van der Waals surface area contributed by atoms with Gasteiger partial charge in [-0.15, -0.1) is 0 Å². The van der Waals surface area contributed by atoms with Gasteiger partial charge in [-0.1, -0.05) is 12.1 Å². The highest BCUT2D eigenvalue weighted by molar-refractivity contribution is 5.91. The minimum Gasteiger partial charge on any atom is -0.493 e. The van der Waals surface area contributed by atoms with Gasteiger partial charge >= 0.3 is 6.18 Å². The summed E-state index contributed by atoms with van der Waals surface area (Å²) >= 11 is 0. The molecular weight excluding hydrogens is 391 g/mol. The molecule has 0 fully saturated rings. The van der Waals surface area contributed by atoms with Gasteiger partial charge in [-0.05, 0) is 30.2 Å². The summed E-state index contributed by atoms with van der Waals surface area (Å²) in [6.07, 6.45) is -3.95. The molecule has 0 bridgehead atoms. The predicted molar refractivity (Wildman–Crippen MR) is 101 cm³/mol. The van der Waals surface area contributed by atoms with Crippen molar-refractivity contribution in [2.24, 2.45) is 0 Å². The van der Waals surface area contributed by atoms with E-state index in [1.807, 2.05) is 0 Å². The smallest absolute Gasteiger partial charge is 0.422 e. The summed E-state index contributed by atoms with van der Waals surface area (Å²) in [6, 6.07) is 9.28. The van der Waals surface area contributed by atoms with E-state index < -0.39 is 12.8 Å². The minimum absolute atomic E-state index is 0.0154. The zero-order chi connectivity index (χ0) is 21.4. The average molecular weight is 413 g/mol. The fourth-order valence-corrected chi connectivity index (χ4v) is 2.66. The molecule has 1 N–H and O–H groups in total. The maximum Gasteiger partial charge on any atom is 0.422 e. The fraction of sp³-hybridized carbons (Fsp3) is 0.350. The second-order valence-corrected chi connectivity index (χ2v) is 5.97. The summed E-state index contributed by atoms with van der Waals surface area (Å²) in [6.45, 7) is -1.40. The third-order valence-corrected chi connectivity index (χ3v) is 3.93. The first-order valence-electron chi connectivity index (χ1n) is 8.64. The number of alkyl halides is 3. The molecule has 0 aromatic heterocycles. The Morgan fingerprint density at radius 1 is 1.00 bits per heavy atom. The van der Waals surface area contributed by atoms with Gasteiger partial charge in [-0.3, -0.25) is 4.79 Å². The van der Waals surface area contributed by atoms with Gasteiger partial charge in [0.15, 0.2) is 18.1 Å². The maximum atomic E-state index is 12.3. The van der Waals surface area contributed by atoms with Crippen LogP contribution >= 0.6 is 0 Å². The number of methoxy groups -OCH3 is 3. The van der Waals surface area contributed by atoms with Gasteiger partial charge in [0.05, 0.1) is 21.3 Å². The van der Waals surface area contributed by atoms with Gasteiger partial charge in [-0.25, -0.2) is 0 Å². The zero-order valence-corrected chi connectivity index (χ0v) is 16.3. The summed E-state index contributed by atoms with van der Waals surface area (Å²) in [7, 11) is 4.50. The Hall–Kier alpha value is -3.10. The van der Waals surface area contributed by atoms with Crippen molar-refractivity contribution in [1.29, 1.82) is 0 Å². The predicted octanol–water partition coefficient (Wildman–Crippen LogP) is 4.22. The number of aryl methyl sites for hydroxylation is 1. The zero-order valence-electron chi connectivity index (χ0n) is 16.3. The molecule has 2 aromatic carbocycles. The van der Waals surface area contributed by atoms with Gasteiger partial charge in [0.2, 0.25) is 11.7 Å². The standard InChI is InChI=1S/C20H22F3NO5/c1-26-16-9-7-13(18(27-2)19(16)28-3)8-10-17(25)24-14-5-4-6-15(11-14)29-12-20(21,22)23/h4-7,9,11H,8,10,12H2,1-3H3,(H,24,25). The Labute approximate surface area is 166 Å². The van der Waals surface area contributed by atoms with E-state index in [2.05, 4.69) is 10.1 Å². The number of ether oxygens (including phenoxy) is 4. The number of benzene rings is 2. The largest absolute Gasteiger partial charge is 0.493 e. The Morgan fingerprint density at radius 3 is 2.34 bits per heavy atom. The van der Waals surface area contributed by atoms with Gasteiger partial charge in [0, 0.05) is 18.2 Å². The van der Waals surface area contributed by atoms with Crippen molar-refractivity contribution < 1.29 is 36.9 Å². The van der Waals surface area contributed by atoms with Gasteiger partial charge in [0.25, 0.3) is 0 Å². The summed E-state index contributed by atoms with van der Waals surface area (Å²) in [5.41, 5.74) is 1.09. The molecular formula is C20H22F3NO5. The van der Waals surface area contributed by atoms with Crippen molar-refractivity contribution in [3.8, 4) is 23.0 Å². The first-order chi connectivity index (χ1) is 13.8. The van der Waals surface area contributed by atoms with Crippen LogP contribution in [0.15, 0.2) is 36.4 Å². The van der Waals surface area contributed by atoms with Crippen LogP contribution in [0.2, 0.25) is 0 Å². The van der Waals surface area contributed by atoms with Crippen LogP contribution in [0.1, 0.15) is 12.0 Å². The number of carbonyl (C=O) groups is 1. The summed E-state index contributed by atoms with van der Waals surface area (Å²) in [4.78, 5) is 12.3. The van der Waals surface area contributed by atoms with E-state index in [1.54, 1.807) is 18.2 Å². The molecule has 2 rings (SSSR count). The molecule has 1 amide bonds. The molecule has 0 radical (unpaired) electrons. The summed E-state index contributed by atoms with van der Waals surface area (Å²) in [5, 5.41) is 2.64. The fourth-order valence-electron chi connectivity index (χ4n) is 2.66. The minimum atomic E-state index is -4.43. The van der Waals surface area contributed by atoms with E-state index in [4.69, 9.17) is 14.2 Å². The molecule has 0 spiro atoms. The third-order valence-electron chi connectivity index (χ3n) is 3.93. The molecule has 0 atom stereocenters. The number of halogens is 3. The molecule has 0 heterocycles. The quantitative estimate of drug-likeness (QED) is 0.667. The first-order valence-corrected chi connectivity index (χ1v) is 8.64. The molecule has 0 aliphatic heterocycles.